The second-order valence-electron chi connectivity index (χ2n) is 4.66. The third-order valence-electron chi connectivity index (χ3n) is 2.85. The summed E-state index contributed by atoms with van der Waals surface area (Å²) in [6.07, 6.45) is 0. The summed E-state index contributed by atoms with van der Waals surface area (Å²) in [5.74, 6) is -0.486. The van der Waals surface area contributed by atoms with Crippen molar-refractivity contribution in [2.45, 2.75) is 17.3 Å². The zero-order valence-corrected chi connectivity index (χ0v) is 13.1. The monoisotopic (exact) mass is 332 g/mol. The normalized spacial score (nSPS) is 11.7. The molecule has 9 heteroatoms. The van der Waals surface area contributed by atoms with Crippen LogP contribution in [-0.4, -0.2) is 27.0 Å². The molecule has 0 fully saturated rings. The average molecular weight is 332 g/mol. The maximum atomic E-state index is 12.3. The zero-order chi connectivity index (χ0) is 17.0. The Bertz CT molecular complexity index is 732. The Morgan fingerprint density at radius 3 is 2.39 bits per heavy atom. The van der Waals surface area contributed by atoms with Crippen molar-refractivity contribution in [1.29, 1.82) is 0 Å². The van der Waals surface area contributed by atoms with Gasteiger partial charge in [-0.3, -0.25) is 9.59 Å². The molecule has 1 heterocycles. The van der Waals surface area contributed by atoms with E-state index in [0.717, 1.165) is 11.8 Å². The first-order chi connectivity index (χ1) is 10.9. The highest BCUT2D eigenvalue weighted by Gasteiger charge is 2.18. The average Bonchev–Trinajstić information content (AvgIpc) is 2.46. The molecule has 0 aliphatic carbocycles. The van der Waals surface area contributed by atoms with E-state index in [1.54, 1.807) is 25.1 Å². The van der Waals surface area contributed by atoms with Crippen molar-refractivity contribution in [2.75, 3.05) is 16.8 Å². The highest BCUT2D eigenvalue weighted by Crippen LogP contribution is 2.23. The lowest BCUT2D eigenvalue weighted by molar-refractivity contribution is -0.115. The second kappa shape index (κ2) is 6.97. The number of carbonyl (C=O) groups is 2. The zero-order valence-electron chi connectivity index (χ0n) is 12.3. The molecule has 0 aliphatic heterocycles. The second-order valence-corrected chi connectivity index (χ2v) is 5.97. The van der Waals surface area contributed by atoms with Crippen LogP contribution >= 0.6 is 11.8 Å². The van der Waals surface area contributed by atoms with E-state index >= 15 is 0 Å². The van der Waals surface area contributed by atoms with Gasteiger partial charge in [0.2, 0.25) is 5.91 Å². The number of primary amides is 1. The molecule has 0 unspecified atom stereocenters. The summed E-state index contributed by atoms with van der Waals surface area (Å²) in [5.41, 5.74) is 17.1. The lowest BCUT2D eigenvalue weighted by Crippen LogP contribution is -2.25. The molecule has 0 aliphatic rings. The molecule has 2 rings (SSSR count). The van der Waals surface area contributed by atoms with Crippen LogP contribution in [0, 0.1) is 0 Å². The van der Waals surface area contributed by atoms with E-state index in [4.69, 9.17) is 17.2 Å². The summed E-state index contributed by atoms with van der Waals surface area (Å²) >= 11 is 1.10. The number of nitrogens with one attached hydrogen (secondary N) is 1. The molecule has 0 radical (unpaired) electrons. The predicted octanol–water partition coefficient (Wildman–Crippen LogP) is 0.859. The van der Waals surface area contributed by atoms with Crippen molar-refractivity contribution in [3.8, 4) is 0 Å². The van der Waals surface area contributed by atoms with Gasteiger partial charge >= 0.3 is 0 Å². The van der Waals surface area contributed by atoms with Crippen LogP contribution in [0.25, 0.3) is 0 Å². The third-order valence-corrected chi connectivity index (χ3v) is 3.81. The largest absolute Gasteiger partial charge is 0.383 e. The van der Waals surface area contributed by atoms with Crippen LogP contribution in [0.2, 0.25) is 0 Å². The molecule has 0 saturated carbocycles. The van der Waals surface area contributed by atoms with Crippen LogP contribution < -0.4 is 22.5 Å². The number of nitrogen functional groups attached to an aromatic ring is 2. The standard InChI is InChI=1S/C14H16N6O2S/c1-7(23-14-19-10(15)6-11(16)20-14)13(22)18-9-5-3-2-4-8(9)12(17)21/h2-7H,1H3,(H2,17,21)(H,18,22)(H4,15,16,19,20)/t7-/m1/s1. The minimum atomic E-state index is -0.617. The maximum Gasteiger partial charge on any atom is 0.250 e. The van der Waals surface area contributed by atoms with E-state index in [9.17, 15) is 9.59 Å². The molecule has 1 atom stereocenters. The summed E-state index contributed by atoms with van der Waals surface area (Å²) in [6.45, 7) is 1.68. The van der Waals surface area contributed by atoms with Crippen LogP contribution in [-0.2, 0) is 4.79 Å². The number of nitrogens with zero attached hydrogens (tertiary/aromatic N) is 2. The number of anilines is 3. The summed E-state index contributed by atoms with van der Waals surface area (Å²) in [4.78, 5) is 31.6. The van der Waals surface area contributed by atoms with Gasteiger partial charge in [-0.1, -0.05) is 23.9 Å². The van der Waals surface area contributed by atoms with Crippen molar-refractivity contribution in [3.05, 3.63) is 35.9 Å². The Balaban J connectivity index is 2.10. The molecule has 0 spiro atoms. The van der Waals surface area contributed by atoms with Gasteiger partial charge in [0, 0.05) is 6.07 Å². The van der Waals surface area contributed by atoms with Gasteiger partial charge < -0.3 is 22.5 Å². The molecule has 1 aromatic carbocycles. The summed E-state index contributed by atoms with van der Waals surface area (Å²) in [5, 5.41) is 2.43. The van der Waals surface area contributed by atoms with Gasteiger partial charge in [0.15, 0.2) is 5.16 Å². The van der Waals surface area contributed by atoms with E-state index < -0.39 is 11.2 Å². The van der Waals surface area contributed by atoms with Crippen molar-refractivity contribution >= 4 is 40.9 Å². The number of benzene rings is 1. The van der Waals surface area contributed by atoms with E-state index in [1.165, 1.54) is 12.1 Å². The van der Waals surface area contributed by atoms with Crippen LogP contribution in [0.3, 0.4) is 0 Å². The summed E-state index contributed by atoms with van der Waals surface area (Å²) < 4.78 is 0. The molecular formula is C14H16N6O2S. The van der Waals surface area contributed by atoms with Gasteiger partial charge in [-0.25, -0.2) is 9.97 Å². The van der Waals surface area contributed by atoms with Crippen molar-refractivity contribution < 1.29 is 9.59 Å². The highest BCUT2D eigenvalue weighted by molar-refractivity contribution is 8.00. The van der Waals surface area contributed by atoms with Crippen LogP contribution in [0.4, 0.5) is 17.3 Å². The number of hydrogen-bond acceptors (Lipinski definition) is 7. The van der Waals surface area contributed by atoms with E-state index in [-0.39, 0.29) is 23.1 Å². The van der Waals surface area contributed by atoms with Gasteiger partial charge in [0.25, 0.3) is 5.91 Å². The van der Waals surface area contributed by atoms with Crippen molar-refractivity contribution in [1.82, 2.24) is 9.97 Å². The fourth-order valence-electron chi connectivity index (χ4n) is 1.77. The van der Waals surface area contributed by atoms with Gasteiger partial charge in [-0.05, 0) is 19.1 Å². The quantitative estimate of drug-likeness (QED) is 0.468. The molecule has 8 nitrogen and oxygen atoms in total. The summed E-state index contributed by atoms with van der Waals surface area (Å²) in [7, 11) is 0. The Morgan fingerprint density at radius 1 is 1.17 bits per heavy atom. The first-order valence-corrected chi connectivity index (χ1v) is 7.51. The highest BCUT2D eigenvalue weighted by atomic mass is 32.2. The number of aromatic nitrogens is 2. The molecule has 7 N–H and O–H groups in total. The first kappa shape index (κ1) is 16.6. The van der Waals surface area contributed by atoms with E-state index in [0.29, 0.717) is 10.8 Å². The predicted molar refractivity (Wildman–Crippen MR) is 89.8 cm³/mol. The summed E-state index contributed by atoms with van der Waals surface area (Å²) in [6, 6.07) is 7.93. The molecule has 2 aromatic rings. The molecule has 120 valence electrons. The fraction of sp³-hybridized carbons (Fsp3) is 0.143. The number of rotatable bonds is 5. The molecule has 23 heavy (non-hydrogen) atoms. The lowest BCUT2D eigenvalue weighted by atomic mass is 10.1. The van der Waals surface area contributed by atoms with Crippen LogP contribution in [0.15, 0.2) is 35.5 Å². The Morgan fingerprint density at radius 2 is 1.78 bits per heavy atom. The Hall–Kier alpha value is -2.81. The van der Waals surface area contributed by atoms with Crippen molar-refractivity contribution in [2.24, 2.45) is 5.73 Å². The van der Waals surface area contributed by atoms with Gasteiger partial charge in [-0.15, -0.1) is 0 Å². The Kier molecular flexibility index (Phi) is 5.02. The molecule has 1 aromatic heterocycles. The van der Waals surface area contributed by atoms with Crippen molar-refractivity contribution in [3.63, 3.8) is 0 Å². The van der Waals surface area contributed by atoms with Gasteiger partial charge in [0.1, 0.15) is 11.6 Å². The Labute approximate surface area is 136 Å². The van der Waals surface area contributed by atoms with Gasteiger partial charge in [-0.2, -0.15) is 0 Å². The number of amides is 2. The molecule has 0 saturated heterocycles. The number of para-hydroxylation sites is 1. The third kappa shape index (κ3) is 4.33. The SMILES string of the molecule is C[C@@H](Sc1nc(N)cc(N)n1)C(=O)Nc1ccccc1C(N)=O. The maximum absolute atomic E-state index is 12.3. The molecule has 2 amide bonds. The minimum Gasteiger partial charge on any atom is -0.383 e. The number of nitrogens with two attached hydrogens (primary N) is 3. The number of carbonyl (C=O) groups excluding carboxylic acids is 2. The van der Waals surface area contributed by atoms with Gasteiger partial charge in [0.05, 0.1) is 16.5 Å². The lowest BCUT2D eigenvalue weighted by Gasteiger charge is -2.13. The molecular weight excluding hydrogens is 316 g/mol. The smallest absolute Gasteiger partial charge is 0.250 e. The topological polar surface area (TPSA) is 150 Å². The molecule has 0 bridgehead atoms. The minimum absolute atomic E-state index is 0.228. The van der Waals surface area contributed by atoms with Crippen LogP contribution in [0.1, 0.15) is 17.3 Å². The van der Waals surface area contributed by atoms with Crippen LogP contribution in [0.5, 0.6) is 0 Å². The number of thioether (sulfide) groups is 1. The fourth-order valence-corrected chi connectivity index (χ4v) is 2.57. The first-order valence-electron chi connectivity index (χ1n) is 6.63. The van der Waals surface area contributed by atoms with E-state index in [1.807, 2.05) is 0 Å². The number of hydrogen-bond donors (Lipinski definition) is 4. The van der Waals surface area contributed by atoms with E-state index in [2.05, 4.69) is 15.3 Å².